The van der Waals surface area contributed by atoms with Crippen molar-refractivity contribution in [1.82, 2.24) is 20.2 Å². The first-order valence-electron chi connectivity index (χ1n) is 12.4. The number of nitriles is 1. The van der Waals surface area contributed by atoms with Crippen molar-refractivity contribution in [3.8, 4) is 17.9 Å². The van der Waals surface area contributed by atoms with E-state index in [1.54, 1.807) is 36.5 Å². The first-order chi connectivity index (χ1) is 17.9. The number of ketones is 1. The Hall–Kier alpha value is -4.21. The second kappa shape index (κ2) is 16.5. The van der Waals surface area contributed by atoms with E-state index < -0.39 is 0 Å². The van der Waals surface area contributed by atoms with Crippen molar-refractivity contribution in [3.05, 3.63) is 53.7 Å². The van der Waals surface area contributed by atoms with E-state index in [0.717, 1.165) is 25.2 Å². The van der Waals surface area contributed by atoms with Crippen LogP contribution in [0.3, 0.4) is 0 Å². The van der Waals surface area contributed by atoms with Crippen molar-refractivity contribution in [2.24, 2.45) is 0 Å². The van der Waals surface area contributed by atoms with Crippen LogP contribution in [0, 0.1) is 23.2 Å². The number of anilines is 3. The molecular weight excluding hydrogens is 466 g/mol. The predicted octanol–water partition coefficient (Wildman–Crippen LogP) is 3.63. The second-order valence-electron chi connectivity index (χ2n) is 8.61. The Morgan fingerprint density at radius 2 is 1.89 bits per heavy atom. The molecule has 2 rings (SSSR count). The van der Waals surface area contributed by atoms with E-state index in [0.29, 0.717) is 48.6 Å². The van der Waals surface area contributed by atoms with Crippen molar-refractivity contribution in [1.29, 1.82) is 5.26 Å². The Morgan fingerprint density at radius 1 is 1.14 bits per heavy atom. The van der Waals surface area contributed by atoms with Gasteiger partial charge >= 0.3 is 0 Å². The van der Waals surface area contributed by atoms with Crippen LogP contribution in [0.4, 0.5) is 17.5 Å². The molecule has 2 aromatic rings. The molecule has 194 valence electrons. The minimum Gasteiger partial charge on any atom is -0.369 e. The number of nitrogens with one attached hydrogen (secondary N) is 3. The first-order valence-corrected chi connectivity index (χ1v) is 12.4. The fourth-order valence-electron chi connectivity index (χ4n) is 3.10. The number of allylic oxidation sites excluding steroid dienone is 1. The van der Waals surface area contributed by atoms with Gasteiger partial charge in [-0.25, -0.2) is 4.98 Å². The van der Waals surface area contributed by atoms with Gasteiger partial charge in [0.2, 0.25) is 11.9 Å². The topological polar surface area (TPSA) is 123 Å². The van der Waals surface area contributed by atoms with Gasteiger partial charge in [0.15, 0.2) is 5.78 Å². The summed E-state index contributed by atoms with van der Waals surface area (Å²) in [7, 11) is 3.89. The quantitative estimate of drug-likeness (QED) is 0.204. The lowest BCUT2D eigenvalue weighted by Gasteiger charge is -2.10. The standard InChI is InChI=1S/C28H35N7O2/c1-4-17-31-27-23(21-32-28(34-27)33-24-15-13-22(20-29)14-16-24)9-7-18-30-26(37)12-6-5-10-25(36)11-8-19-35(2)3/h8,11,13-16,21H,4-6,10,12,17-19H2,1-3H3,(H,30,37)(H2,31,32,33,34)/b11-8+. The maximum absolute atomic E-state index is 12.1. The number of hydrogen-bond acceptors (Lipinski definition) is 8. The molecule has 1 aromatic carbocycles. The largest absolute Gasteiger partial charge is 0.369 e. The summed E-state index contributed by atoms with van der Waals surface area (Å²) in [6.07, 6.45) is 8.15. The number of carbonyl (C=O) groups excluding carboxylic acids is 2. The number of rotatable bonds is 14. The monoisotopic (exact) mass is 501 g/mol. The number of likely N-dealkylation sites (N-methyl/N-ethyl adjacent to an activating group) is 1. The third-order valence-electron chi connectivity index (χ3n) is 5.05. The molecule has 0 fully saturated rings. The Morgan fingerprint density at radius 3 is 2.59 bits per heavy atom. The van der Waals surface area contributed by atoms with Gasteiger partial charge in [-0.3, -0.25) is 9.59 Å². The zero-order chi connectivity index (χ0) is 26.9. The van der Waals surface area contributed by atoms with Gasteiger partial charge < -0.3 is 20.9 Å². The van der Waals surface area contributed by atoms with E-state index >= 15 is 0 Å². The lowest BCUT2D eigenvalue weighted by atomic mass is 10.1. The zero-order valence-electron chi connectivity index (χ0n) is 21.8. The molecular formula is C28H35N7O2. The number of unbranched alkanes of at least 4 members (excludes halogenated alkanes) is 1. The smallest absolute Gasteiger partial charge is 0.229 e. The Balaban J connectivity index is 1.83. The summed E-state index contributed by atoms with van der Waals surface area (Å²) < 4.78 is 0. The second-order valence-corrected chi connectivity index (χ2v) is 8.61. The Labute approximate surface area is 219 Å². The van der Waals surface area contributed by atoms with Gasteiger partial charge in [0.25, 0.3) is 0 Å². The van der Waals surface area contributed by atoms with Gasteiger partial charge in [-0.15, -0.1) is 0 Å². The van der Waals surface area contributed by atoms with Crippen LogP contribution in [0.2, 0.25) is 0 Å². The number of benzene rings is 1. The highest BCUT2D eigenvalue weighted by Crippen LogP contribution is 2.17. The fraction of sp³-hybridized carbons (Fsp3) is 0.393. The van der Waals surface area contributed by atoms with Gasteiger partial charge in [0.05, 0.1) is 29.9 Å². The number of aromatic nitrogens is 2. The van der Waals surface area contributed by atoms with E-state index in [1.165, 1.54) is 0 Å². The minimum atomic E-state index is -0.0903. The highest BCUT2D eigenvalue weighted by molar-refractivity contribution is 5.89. The minimum absolute atomic E-state index is 0.0842. The molecule has 1 aromatic heterocycles. The Bertz CT molecular complexity index is 1160. The van der Waals surface area contributed by atoms with Crippen LogP contribution in [-0.2, 0) is 9.59 Å². The molecule has 0 saturated heterocycles. The van der Waals surface area contributed by atoms with E-state index in [1.807, 2.05) is 25.1 Å². The lowest BCUT2D eigenvalue weighted by Crippen LogP contribution is -2.23. The van der Waals surface area contributed by atoms with Gasteiger partial charge in [-0.1, -0.05) is 24.8 Å². The summed E-state index contributed by atoms with van der Waals surface area (Å²) in [5.74, 6) is 6.99. The summed E-state index contributed by atoms with van der Waals surface area (Å²) in [6.45, 7) is 3.73. The molecule has 0 saturated carbocycles. The normalized spacial score (nSPS) is 10.5. The third kappa shape index (κ3) is 11.9. The number of amides is 1. The van der Waals surface area contributed by atoms with Gasteiger partial charge in [-0.2, -0.15) is 10.2 Å². The average molecular weight is 502 g/mol. The molecule has 9 heteroatoms. The molecule has 0 aliphatic carbocycles. The molecule has 37 heavy (non-hydrogen) atoms. The van der Waals surface area contributed by atoms with Gasteiger partial charge in [-0.05, 0) is 63.7 Å². The zero-order valence-corrected chi connectivity index (χ0v) is 21.8. The molecule has 0 aliphatic heterocycles. The summed E-state index contributed by atoms with van der Waals surface area (Å²) in [6, 6.07) is 9.11. The SMILES string of the molecule is CCCNc1nc(Nc2ccc(C#N)cc2)ncc1C#CCNC(=O)CCCCC(=O)/C=C/CN(C)C. The van der Waals surface area contributed by atoms with E-state index in [9.17, 15) is 9.59 Å². The lowest BCUT2D eigenvalue weighted by molar-refractivity contribution is -0.121. The van der Waals surface area contributed by atoms with Crippen molar-refractivity contribution in [3.63, 3.8) is 0 Å². The van der Waals surface area contributed by atoms with Crippen LogP contribution in [0.1, 0.15) is 50.2 Å². The molecule has 0 spiro atoms. The van der Waals surface area contributed by atoms with E-state index in [2.05, 4.69) is 50.8 Å². The van der Waals surface area contributed by atoms with Crippen LogP contribution >= 0.6 is 0 Å². The van der Waals surface area contributed by atoms with Crippen LogP contribution in [-0.4, -0.2) is 60.3 Å². The number of carbonyl (C=O) groups is 2. The molecule has 0 atom stereocenters. The van der Waals surface area contributed by atoms with Crippen molar-refractivity contribution >= 4 is 29.1 Å². The molecule has 0 unspecified atom stereocenters. The molecule has 3 N–H and O–H groups in total. The van der Waals surface area contributed by atoms with Gasteiger partial charge in [0, 0.05) is 31.6 Å². The van der Waals surface area contributed by atoms with Crippen molar-refractivity contribution in [2.75, 3.05) is 44.4 Å². The van der Waals surface area contributed by atoms with Crippen molar-refractivity contribution < 1.29 is 9.59 Å². The maximum atomic E-state index is 12.1. The molecule has 0 bridgehead atoms. The van der Waals surface area contributed by atoms with Gasteiger partial charge in [0.1, 0.15) is 5.82 Å². The number of nitrogens with zero attached hydrogens (tertiary/aromatic N) is 4. The van der Waals surface area contributed by atoms with Crippen LogP contribution in [0.5, 0.6) is 0 Å². The Kier molecular flexibility index (Phi) is 12.9. The van der Waals surface area contributed by atoms with Crippen LogP contribution in [0.25, 0.3) is 0 Å². The average Bonchev–Trinajstić information content (AvgIpc) is 2.89. The first kappa shape index (κ1) is 29.0. The third-order valence-corrected chi connectivity index (χ3v) is 5.05. The van der Waals surface area contributed by atoms with E-state index in [4.69, 9.17) is 5.26 Å². The highest BCUT2D eigenvalue weighted by Gasteiger charge is 2.06. The highest BCUT2D eigenvalue weighted by atomic mass is 16.1. The van der Waals surface area contributed by atoms with Crippen LogP contribution in [0.15, 0.2) is 42.6 Å². The fourth-order valence-corrected chi connectivity index (χ4v) is 3.10. The molecule has 1 amide bonds. The summed E-state index contributed by atoms with van der Waals surface area (Å²) in [5.41, 5.74) is 1.98. The summed E-state index contributed by atoms with van der Waals surface area (Å²) in [4.78, 5) is 34.7. The number of hydrogen-bond donors (Lipinski definition) is 3. The summed E-state index contributed by atoms with van der Waals surface area (Å²) in [5, 5.41) is 18.1. The predicted molar refractivity (Wildman–Crippen MR) is 146 cm³/mol. The molecule has 1 heterocycles. The molecule has 0 radical (unpaired) electrons. The van der Waals surface area contributed by atoms with Crippen LogP contribution < -0.4 is 16.0 Å². The molecule has 0 aliphatic rings. The maximum Gasteiger partial charge on any atom is 0.229 e. The summed E-state index contributed by atoms with van der Waals surface area (Å²) >= 11 is 0. The van der Waals surface area contributed by atoms with Crippen molar-refractivity contribution in [2.45, 2.75) is 39.0 Å². The van der Waals surface area contributed by atoms with E-state index in [-0.39, 0.29) is 18.2 Å². The molecule has 9 nitrogen and oxygen atoms in total.